The van der Waals surface area contributed by atoms with E-state index in [1.807, 2.05) is 0 Å². The minimum Gasteiger partial charge on any atom is -0.435 e. The lowest BCUT2D eigenvalue weighted by Gasteiger charge is -2.23. The van der Waals surface area contributed by atoms with Crippen LogP contribution in [-0.4, -0.2) is 17.0 Å². The molecule has 0 aromatic carbocycles. The van der Waals surface area contributed by atoms with Gasteiger partial charge >= 0.3 is 11.9 Å². The first-order valence-corrected chi connectivity index (χ1v) is 3.06. The Balaban J connectivity index is 2.61. The van der Waals surface area contributed by atoms with Gasteiger partial charge in [-0.3, -0.25) is 4.79 Å². The SMILES string of the molecule is CC(=O)OC1(O)C=CC=CO1. The minimum atomic E-state index is -1.92. The van der Waals surface area contributed by atoms with Crippen LogP contribution in [0.1, 0.15) is 6.92 Å². The first-order valence-electron chi connectivity index (χ1n) is 3.06. The summed E-state index contributed by atoms with van der Waals surface area (Å²) in [6.45, 7) is 1.19. The molecule has 0 radical (unpaired) electrons. The van der Waals surface area contributed by atoms with Crippen molar-refractivity contribution in [1.29, 1.82) is 0 Å². The Labute approximate surface area is 63.7 Å². The zero-order valence-electron chi connectivity index (χ0n) is 5.98. The Hall–Kier alpha value is -1.29. The second-order valence-electron chi connectivity index (χ2n) is 2.03. The van der Waals surface area contributed by atoms with Gasteiger partial charge in [-0.1, -0.05) is 6.08 Å². The molecular weight excluding hydrogens is 148 g/mol. The summed E-state index contributed by atoms with van der Waals surface area (Å²) >= 11 is 0. The largest absolute Gasteiger partial charge is 0.435 e. The molecule has 1 atom stereocenters. The normalized spacial score (nSPS) is 27.8. The number of hydrogen-bond acceptors (Lipinski definition) is 4. The maximum Gasteiger partial charge on any atom is 0.393 e. The molecule has 0 saturated heterocycles. The number of carbonyl (C=O) groups excluding carboxylic acids is 1. The van der Waals surface area contributed by atoms with E-state index in [0.717, 1.165) is 0 Å². The van der Waals surface area contributed by atoms with Crippen molar-refractivity contribution < 1.29 is 19.4 Å². The molecule has 1 unspecified atom stereocenters. The lowest BCUT2D eigenvalue weighted by molar-refractivity contribution is -0.289. The molecule has 1 rings (SSSR count). The van der Waals surface area contributed by atoms with Crippen molar-refractivity contribution in [1.82, 2.24) is 0 Å². The fraction of sp³-hybridized carbons (Fsp3) is 0.286. The second-order valence-corrected chi connectivity index (χ2v) is 2.03. The van der Waals surface area contributed by atoms with Gasteiger partial charge in [0.25, 0.3) is 0 Å². The quantitative estimate of drug-likeness (QED) is 0.438. The fourth-order valence-electron chi connectivity index (χ4n) is 0.663. The molecule has 11 heavy (non-hydrogen) atoms. The first kappa shape index (κ1) is 7.81. The maximum atomic E-state index is 10.4. The van der Waals surface area contributed by atoms with Crippen molar-refractivity contribution >= 4 is 5.97 Å². The number of esters is 1. The summed E-state index contributed by atoms with van der Waals surface area (Å²) in [5.74, 6) is -2.52. The highest BCUT2D eigenvalue weighted by Crippen LogP contribution is 2.15. The van der Waals surface area contributed by atoms with Gasteiger partial charge in [0, 0.05) is 13.0 Å². The van der Waals surface area contributed by atoms with E-state index >= 15 is 0 Å². The fourth-order valence-corrected chi connectivity index (χ4v) is 0.663. The highest BCUT2D eigenvalue weighted by atomic mass is 16.8. The molecule has 1 N–H and O–H groups in total. The van der Waals surface area contributed by atoms with E-state index < -0.39 is 11.9 Å². The van der Waals surface area contributed by atoms with Gasteiger partial charge in [-0.05, 0) is 6.08 Å². The van der Waals surface area contributed by atoms with Gasteiger partial charge in [-0.15, -0.1) is 0 Å². The van der Waals surface area contributed by atoms with Crippen molar-refractivity contribution in [2.45, 2.75) is 12.9 Å². The third-order valence-corrected chi connectivity index (χ3v) is 1.02. The van der Waals surface area contributed by atoms with Gasteiger partial charge in [0.2, 0.25) is 0 Å². The standard InChI is InChI=1S/C7H8O4/c1-6(8)11-7(9)4-2-3-5-10-7/h2-5,9H,1H3. The molecular formula is C7H8O4. The van der Waals surface area contributed by atoms with Crippen LogP contribution in [0.2, 0.25) is 0 Å². The number of ether oxygens (including phenoxy) is 2. The van der Waals surface area contributed by atoms with Gasteiger partial charge in [0.15, 0.2) is 0 Å². The summed E-state index contributed by atoms with van der Waals surface area (Å²) in [4.78, 5) is 10.4. The van der Waals surface area contributed by atoms with E-state index in [1.165, 1.54) is 25.3 Å². The monoisotopic (exact) mass is 156 g/mol. The molecule has 1 aliphatic rings. The minimum absolute atomic E-state index is 0.604. The molecule has 0 spiro atoms. The van der Waals surface area contributed by atoms with Crippen LogP contribution in [0, 0.1) is 0 Å². The predicted octanol–water partition coefficient (Wildman–Crippen LogP) is 0.296. The van der Waals surface area contributed by atoms with E-state index in [0.29, 0.717) is 0 Å². The summed E-state index contributed by atoms with van der Waals surface area (Å²) in [6, 6.07) is 0. The summed E-state index contributed by atoms with van der Waals surface area (Å²) in [5, 5.41) is 9.24. The van der Waals surface area contributed by atoms with Crippen LogP contribution in [0.4, 0.5) is 0 Å². The summed E-state index contributed by atoms with van der Waals surface area (Å²) in [6.07, 6.45) is 5.56. The van der Waals surface area contributed by atoms with Crippen molar-refractivity contribution in [3.05, 3.63) is 24.5 Å². The van der Waals surface area contributed by atoms with Crippen LogP contribution in [0.5, 0.6) is 0 Å². The lowest BCUT2D eigenvalue weighted by Crippen LogP contribution is -2.34. The smallest absolute Gasteiger partial charge is 0.393 e. The third kappa shape index (κ3) is 2.09. The van der Waals surface area contributed by atoms with Gasteiger partial charge in [-0.2, -0.15) is 0 Å². The van der Waals surface area contributed by atoms with E-state index in [2.05, 4.69) is 9.47 Å². The predicted molar refractivity (Wildman–Crippen MR) is 36.1 cm³/mol. The molecule has 1 heterocycles. The molecule has 4 heteroatoms. The number of carbonyl (C=O) groups is 1. The van der Waals surface area contributed by atoms with E-state index in [4.69, 9.17) is 0 Å². The topological polar surface area (TPSA) is 55.8 Å². The molecule has 0 fully saturated rings. The molecule has 0 bridgehead atoms. The van der Waals surface area contributed by atoms with Gasteiger partial charge in [-0.25, -0.2) is 0 Å². The molecule has 60 valence electrons. The van der Waals surface area contributed by atoms with Crippen molar-refractivity contribution in [2.24, 2.45) is 0 Å². The van der Waals surface area contributed by atoms with Crippen LogP contribution in [-0.2, 0) is 14.3 Å². The Kier molecular flexibility index (Phi) is 1.96. The lowest BCUT2D eigenvalue weighted by atomic mass is 10.4. The van der Waals surface area contributed by atoms with E-state index in [-0.39, 0.29) is 0 Å². The molecule has 0 saturated carbocycles. The molecule has 0 aromatic heterocycles. The van der Waals surface area contributed by atoms with Crippen LogP contribution < -0.4 is 0 Å². The maximum absolute atomic E-state index is 10.4. The molecule has 0 aliphatic carbocycles. The summed E-state index contributed by atoms with van der Waals surface area (Å²) < 4.78 is 9.06. The van der Waals surface area contributed by atoms with Gasteiger partial charge in [0.05, 0.1) is 6.26 Å². The molecule has 0 aromatic rings. The Bertz CT molecular complexity index is 218. The zero-order chi connectivity index (χ0) is 8.32. The average Bonchev–Trinajstić information content (AvgIpc) is 1.85. The summed E-state index contributed by atoms with van der Waals surface area (Å²) in [7, 11) is 0. The van der Waals surface area contributed by atoms with Crippen molar-refractivity contribution in [3.8, 4) is 0 Å². The van der Waals surface area contributed by atoms with Crippen LogP contribution in [0.15, 0.2) is 24.5 Å². The summed E-state index contributed by atoms with van der Waals surface area (Å²) in [5.41, 5.74) is 0. The Morgan fingerprint density at radius 3 is 2.82 bits per heavy atom. The Morgan fingerprint density at radius 1 is 1.64 bits per heavy atom. The number of hydrogen-bond donors (Lipinski definition) is 1. The van der Waals surface area contributed by atoms with Crippen LogP contribution in [0.3, 0.4) is 0 Å². The van der Waals surface area contributed by atoms with Gasteiger partial charge < -0.3 is 14.6 Å². The van der Waals surface area contributed by atoms with Crippen LogP contribution >= 0.6 is 0 Å². The number of allylic oxidation sites excluding steroid dienone is 2. The number of aliphatic hydroxyl groups is 1. The first-order chi connectivity index (χ1) is 5.12. The second kappa shape index (κ2) is 2.75. The molecule has 0 amide bonds. The zero-order valence-corrected chi connectivity index (χ0v) is 5.98. The van der Waals surface area contributed by atoms with Crippen molar-refractivity contribution in [3.63, 3.8) is 0 Å². The van der Waals surface area contributed by atoms with Crippen molar-refractivity contribution in [2.75, 3.05) is 0 Å². The van der Waals surface area contributed by atoms with E-state index in [9.17, 15) is 9.90 Å². The number of rotatable bonds is 1. The third-order valence-electron chi connectivity index (χ3n) is 1.02. The molecule has 1 aliphatic heterocycles. The highest BCUT2D eigenvalue weighted by molar-refractivity contribution is 5.66. The van der Waals surface area contributed by atoms with Gasteiger partial charge in [0.1, 0.15) is 0 Å². The average molecular weight is 156 g/mol. The highest BCUT2D eigenvalue weighted by Gasteiger charge is 2.29. The molecule has 4 nitrogen and oxygen atoms in total. The van der Waals surface area contributed by atoms with E-state index in [1.54, 1.807) is 6.08 Å². The Morgan fingerprint density at radius 2 is 2.36 bits per heavy atom. The van der Waals surface area contributed by atoms with Crippen LogP contribution in [0.25, 0.3) is 0 Å².